The van der Waals surface area contributed by atoms with E-state index < -0.39 is 0 Å². The summed E-state index contributed by atoms with van der Waals surface area (Å²) in [6.07, 6.45) is 5.74. The van der Waals surface area contributed by atoms with Gasteiger partial charge in [0.15, 0.2) is 5.78 Å². The third kappa shape index (κ3) is 24.0. The first-order chi connectivity index (χ1) is 14.0. The number of nitrogens with one attached hydrogen (secondary N) is 1. The molecule has 3 N–H and O–H groups in total. The maximum Gasteiger partial charge on any atom is 0.225 e. The Kier molecular flexibility index (Phi) is 25.5. The van der Waals surface area contributed by atoms with E-state index in [0.717, 1.165) is 47.7 Å². The Labute approximate surface area is 235 Å². The number of ketones is 1. The Morgan fingerprint density at radius 3 is 1.69 bits per heavy atom. The van der Waals surface area contributed by atoms with Gasteiger partial charge in [0, 0.05) is 31.2 Å². The van der Waals surface area contributed by atoms with Gasteiger partial charge in [-0.15, -0.1) is 0 Å². The summed E-state index contributed by atoms with van der Waals surface area (Å²) in [5.41, 5.74) is -0.306. The maximum atomic E-state index is 12.5. The van der Waals surface area contributed by atoms with Crippen LogP contribution in [0.3, 0.4) is 0 Å². The average Bonchev–Trinajstić information content (AvgIpc) is 2.60. The van der Waals surface area contributed by atoms with Gasteiger partial charge in [0.2, 0.25) is 5.91 Å². The minimum absolute atomic E-state index is 0. The highest BCUT2D eigenvalue weighted by Gasteiger charge is 2.25. The topological polar surface area (TPSA) is 77.7 Å². The van der Waals surface area contributed by atoms with E-state index in [0.29, 0.717) is 29.8 Å². The number of hydrogen-bond donors (Lipinski definition) is 1. The number of rotatable bonds is 17. The van der Waals surface area contributed by atoms with Gasteiger partial charge in [-0.1, -0.05) is 20.8 Å². The number of carbonyl (C=O) groups is 2. The number of hydrogen-bond acceptors (Lipinski definition) is 2. The molecule has 0 saturated carbocycles. The molecule has 0 aromatic carbocycles. The lowest BCUT2D eigenvalue weighted by molar-refractivity contribution is -0.902. The van der Waals surface area contributed by atoms with Crippen molar-refractivity contribution >= 4 is 11.7 Å². The quantitative estimate of drug-likeness (QED) is 0.140. The van der Waals surface area contributed by atoms with Gasteiger partial charge in [-0.2, -0.15) is 0 Å². The van der Waals surface area contributed by atoms with Crippen LogP contribution in [0.2, 0.25) is 0 Å². The second-order valence-corrected chi connectivity index (χ2v) is 12.4. The van der Waals surface area contributed by atoms with Crippen molar-refractivity contribution in [3.8, 4) is 0 Å². The number of unbranched alkanes of at least 4 members (excludes halogenated alkanes) is 1. The molecule has 1 amide bonds. The third-order valence-corrected chi connectivity index (χ3v) is 6.39. The molecule has 10 heteroatoms. The second-order valence-electron chi connectivity index (χ2n) is 12.4. The number of carbonyl (C=O) groups excluding carboxylic acids is 2. The van der Waals surface area contributed by atoms with Crippen LogP contribution in [0.1, 0.15) is 59.3 Å². The van der Waals surface area contributed by atoms with Crippen LogP contribution in [0.15, 0.2) is 0 Å². The van der Waals surface area contributed by atoms with E-state index in [4.69, 9.17) is 0 Å². The van der Waals surface area contributed by atoms with Crippen LogP contribution in [0.4, 0.5) is 0 Å². The molecule has 0 fully saturated rings. The van der Waals surface area contributed by atoms with Gasteiger partial charge in [0.1, 0.15) is 6.54 Å². The summed E-state index contributed by atoms with van der Waals surface area (Å²) in [5.74, 6) is 0.478. The molecule has 0 atom stereocenters. The largest absolute Gasteiger partial charge is 1.00 e. The molecule has 0 aromatic heterocycles. The van der Waals surface area contributed by atoms with Crippen molar-refractivity contribution < 1.29 is 65.7 Å². The molecule has 0 saturated heterocycles. The summed E-state index contributed by atoms with van der Waals surface area (Å²) in [6, 6.07) is 0. The zero-order valence-corrected chi connectivity index (χ0v) is 26.5. The standard InChI is InChI=1S/C25H54N4O2.3ClH.H2O/c1-11-25(2,3)24(31)26-17-14-20-29(9,10)22-23(30)16-12-13-19-28(7,8)21-15-18-27(4,5)6;;;;/h11-22H2,1-10H3;3*1H;1H2/q+2;;;;/p-2. The molecular formula is C25H57Cl3N4O3. The number of nitrogens with zero attached hydrogens (tertiary/aromatic N) is 3. The van der Waals surface area contributed by atoms with Crippen LogP contribution in [-0.4, -0.2) is 119 Å². The normalized spacial score (nSPS) is 11.8. The zero-order valence-electron chi connectivity index (χ0n) is 24.3. The van der Waals surface area contributed by atoms with Crippen LogP contribution in [0, 0.1) is 5.41 Å². The van der Waals surface area contributed by atoms with Crippen molar-refractivity contribution in [3.05, 3.63) is 0 Å². The van der Waals surface area contributed by atoms with Crippen LogP contribution < -0.4 is 42.5 Å². The number of quaternary nitrogens is 3. The zero-order chi connectivity index (χ0) is 24.3. The van der Waals surface area contributed by atoms with Gasteiger partial charge in [0.25, 0.3) is 0 Å². The number of Topliss-reactive ketones (excluding diaryl/α,β-unsaturated/α-hetero) is 1. The minimum atomic E-state index is -0.306. The SMILES string of the molecule is CCC(C)(C)C(=O)NCCC[N+](C)(C)CC(=O)CCCC[N+](C)(C)CCC[N+](C)(C)C.O.[Cl-].[Cl-].[Cl-]. The summed E-state index contributed by atoms with van der Waals surface area (Å²) in [7, 11) is 15.6. The Balaban J connectivity index is -0.000000750. The highest BCUT2D eigenvalue weighted by atomic mass is 35.5. The fourth-order valence-corrected chi connectivity index (χ4v) is 3.69. The van der Waals surface area contributed by atoms with Gasteiger partial charge in [0.05, 0.1) is 75.5 Å². The summed E-state index contributed by atoms with van der Waals surface area (Å²) in [4.78, 5) is 24.6. The summed E-state index contributed by atoms with van der Waals surface area (Å²) in [5, 5.41) is 3.04. The maximum absolute atomic E-state index is 12.5. The summed E-state index contributed by atoms with van der Waals surface area (Å²) >= 11 is 0. The van der Waals surface area contributed by atoms with Gasteiger partial charge in [-0.25, -0.2) is 0 Å². The fraction of sp³-hybridized carbons (Fsp3) is 0.920. The van der Waals surface area contributed by atoms with Crippen LogP contribution in [-0.2, 0) is 9.59 Å². The number of halogens is 3. The molecule has 35 heavy (non-hydrogen) atoms. The molecule has 0 unspecified atom stereocenters. The molecule has 0 aliphatic rings. The van der Waals surface area contributed by atoms with Gasteiger partial charge in [-0.3, -0.25) is 9.59 Å². The lowest BCUT2D eigenvalue weighted by Gasteiger charge is -2.32. The van der Waals surface area contributed by atoms with Crippen molar-refractivity contribution in [1.29, 1.82) is 0 Å². The molecule has 7 nitrogen and oxygen atoms in total. The Hall–Kier alpha value is -0.150. The first-order valence-corrected chi connectivity index (χ1v) is 12.2. The predicted molar refractivity (Wildman–Crippen MR) is 135 cm³/mol. The molecule has 216 valence electrons. The molecule has 0 radical (unpaired) electrons. The molecular weight excluding hydrogens is 511 g/mol. The summed E-state index contributed by atoms with van der Waals surface area (Å²) in [6.45, 7) is 11.7. The lowest BCUT2D eigenvalue weighted by atomic mass is 9.89. The van der Waals surface area contributed by atoms with Crippen molar-refractivity contribution in [3.63, 3.8) is 0 Å². The van der Waals surface area contributed by atoms with E-state index in [1.807, 2.05) is 20.8 Å². The molecule has 0 aliphatic heterocycles. The van der Waals surface area contributed by atoms with E-state index in [2.05, 4.69) is 54.7 Å². The first-order valence-electron chi connectivity index (χ1n) is 12.2. The smallest absolute Gasteiger partial charge is 0.225 e. The highest BCUT2D eigenvalue weighted by Crippen LogP contribution is 2.19. The van der Waals surface area contributed by atoms with Gasteiger partial charge in [-0.05, 0) is 19.3 Å². The Morgan fingerprint density at radius 2 is 1.20 bits per heavy atom. The third-order valence-electron chi connectivity index (χ3n) is 6.39. The van der Waals surface area contributed by atoms with E-state index in [-0.39, 0.29) is 54.0 Å². The van der Waals surface area contributed by atoms with Crippen LogP contribution in [0.25, 0.3) is 0 Å². The molecule has 0 heterocycles. The Morgan fingerprint density at radius 1 is 0.714 bits per heavy atom. The molecule has 0 spiro atoms. The Bertz CT molecular complexity index is 567. The molecule has 0 aromatic rings. The fourth-order valence-electron chi connectivity index (χ4n) is 3.69. The predicted octanol–water partition coefficient (Wildman–Crippen LogP) is -6.90. The summed E-state index contributed by atoms with van der Waals surface area (Å²) < 4.78 is 2.75. The van der Waals surface area contributed by atoms with E-state index in [9.17, 15) is 9.59 Å². The van der Waals surface area contributed by atoms with Crippen molar-refractivity contribution in [2.24, 2.45) is 5.41 Å². The van der Waals surface area contributed by atoms with Gasteiger partial charge >= 0.3 is 0 Å². The molecule has 0 rings (SSSR count). The van der Waals surface area contributed by atoms with Crippen molar-refractivity contribution in [1.82, 2.24) is 5.32 Å². The van der Waals surface area contributed by atoms with Gasteiger partial charge < -0.3 is 61.5 Å². The minimum Gasteiger partial charge on any atom is -1.00 e. The number of amides is 1. The molecule has 0 bridgehead atoms. The first kappa shape index (κ1) is 44.8. The lowest BCUT2D eigenvalue weighted by Crippen LogP contribution is -3.00. The van der Waals surface area contributed by atoms with E-state index in [1.54, 1.807) is 0 Å². The molecule has 0 aliphatic carbocycles. The van der Waals surface area contributed by atoms with Crippen LogP contribution in [0.5, 0.6) is 0 Å². The monoisotopic (exact) mass is 566 g/mol. The van der Waals surface area contributed by atoms with Crippen LogP contribution >= 0.6 is 0 Å². The average molecular weight is 568 g/mol. The number of likely N-dealkylation sites (N-methyl/N-ethyl adjacent to an activating group) is 1. The van der Waals surface area contributed by atoms with E-state index >= 15 is 0 Å². The second kappa shape index (κ2) is 19.9. The van der Waals surface area contributed by atoms with Crippen molar-refractivity contribution in [2.45, 2.75) is 59.3 Å². The van der Waals surface area contributed by atoms with Crippen molar-refractivity contribution in [2.75, 3.05) is 88.6 Å². The van der Waals surface area contributed by atoms with E-state index in [1.165, 1.54) is 19.5 Å². The highest BCUT2D eigenvalue weighted by molar-refractivity contribution is 5.81.